The van der Waals surface area contributed by atoms with Crippen LogP contribution in [0.5, 0.6) is 0 Å². The summed E-state index contributed by atoms with van der Waals surface area (Å²) in [5.74, 6) is 0.563. The molecule has 0 saturated heterocycles. The van der Waals surface area contributed by atoms with E-state index in [0.29, 0.717) is 12.2 Å². The fraction of sp³-hybridized carbons (Fsp3) is 0.500. The van der Waals surface area contributed by atoms with Gasteiger partial charge in [-0.05, 0) is 38.0 Å². The van der Waals surface area contributed by atoms with E-state index in [1.807, 2.05) is 13.0 Å². The largest absolute Gasteiger partial charge is 0.462 e. The first-order valence-corrected chi connectivity index (χ1v) is 7.32. The highest BCUT2D eigenvalue weighted by Crippen LogP contribution is 2.21. The molecule has 1 atom stereocenters. The summed E-state index contributed by atoms with van der Waals surface area (Å²) >= 11 is 1.28. The lowest BCUT2D eigenvalue weighted by Gasteiger charge is -2.12. The number of hydrogen-bond donors (Lipinski definition) is 0. The molecule has 106 valence electrons. The molecule has 0 heterocycles. The lowest BCUT2D eigenvalue weighted by molar-refractivity contribution is -0.228. The zero-order valence-corrected chi connectivity index (χ0v) is 12.4. The van der Waals surface area contributed by atoms with Gasteiger partial charge in [0.25, 0.3) is 0 Å². The van der Waals surface area contributed by atoms with E-state index in [4.69, 9.17) is 14.0 Å². The van der Waals surface area contributed by atoms with Gasteiger partial charge >= 0.3 is 5.97 Å². The van der Waals surface area contributed by atoms with E-state index in [2.05, 4.69) is 6.92 Å². The van der Waals surface area contributed by atoms with Gasteiger partial charge in [0.05, 0.1) is 12.2 Å². The minimum atomic E-state index is -0.321. The topological polar surface area (TPSA) is 44.8 Å². The summed E-state index contributed by atoms with van der Waals surface area (Å²) < 4.78 is 10.00. The van der Waals surface area contributed by atoms with Crippen molar-refractivity contribution in [1.82, 2.24) is 0 Å². The monoisotopic (exact) mass is 284 g/mol. The third-order valence-electron chi connectivity index (χ3n) is 2.39. The van der Waals surface area contributed by atoms with Gasteiger partial charge in [0.2, 0.25) is 0 Å². The summed E-state index contributed by atoms with van der Waals surface area (Å²) in [5.41, 5.74) is 1.40. The van der Waals surface area contributed by atoms with Crippen LogP contribution in [0.15, 0.2) is 24.3 Å². The van der Waals surface area contributed by atoms with Crippen molar-refractivity contribution in [3.63, 3.8) is 0 Å². The van der Waals surface area contributed by atoms with Crippen LogP contribution >= 0.6 is 12.0 Å². The quantitative estimate of drug-likeness (QED) is 0.238. The van der Waals surface area contributed by atoms with E-state index in [1.165, 1.54) is 12.0 Å². The molecule has 0 N–H and O–H groups in total. The fourth-order valence-corrected chi connectivity index (χ4v) is 1.80. The number of carbonyl (C=O) groups is 1. The Balaban J connectivity index is 2.57. The van der Waals surface area contributed by atoms with Gasteiger partial charge in [-0.25, -0.2) is 9.68 Å². The molecule has 0 amide bonds. The molecule has 1 aromatic rings. The van der Waals surface area contributed by atoms with Crippen LogP contribution < -0.4 is 0 Å². The highest BCUT2D eigenvalue weighted by molar-refractivity contribution is 7.94. The zero-order chi connectivity index (χ0) is 14.1. The molecule has 19 heavy (non-hydrogen) atoms. The first kappa shape index (κ1) is 16.0. The van der Waals surface area contributed by atoms with Gasteiger partial charge in [-0.1, -0.05) is 19.1 Å². The first-order chi connectivity index (χ1) is 9.19. The Morgan fingerprint density at radius 2 is 2.16 bits per heavy atom. The van der Waals surface area contributed by atoms with Crippen LogP contribution in [-0.2, 0) is 14.0 Å². The van der Waals surface area contributed by atoms with Crippen LogP contribution in [0.25, 0.3) is 0 Å². The summed E-state index contributed by atoms with van der Waals surface area (Å²) in [5, 5.41) is 0. The molecule has 0 radical (unpaired) electrons. The fourth-order valence-electron chi connectivity index (χ4n) is 1.39. The van der Waals surface area contributed by atoms with Crippen molar-refractivity contribution in [2.75, 3.05) is 12.4 Å². The first-order valence-electron chi connectivity index (χ1n) is 6.41. The Hall–Kier alpha value is -1.04. The number of esters is 1. The van der Waals surface area contributed by atoms with Crippen LogP contribution in [0.2, 0.25) is 0 Å². The van der Waals surface area contributed by atoms with E-state index in [1.54, 1.807) is 25.1 Å². The lowest BCUT2D eigenvalue weighted by Crippen LogP contribution is -2.06. The zero-order valence-electron chi connectivity index (χ0n) is 11.5. The molecular weight excluding hydrogens is 264 g/mol. The second-order valence-corrected chi connectivity index (χ2v) is 4.75. The number of rotatable bonds is 8. The number of benzene rings is 1. The summed E-state index contributed by atoms with van der Waals surface area (Å²) in [7, 11) is 0. The summed E-state index contributed by atoms with van der Waals surface area (Å²) in [6, 6.07) is 7.18. The Bertz CT molecular complexity index is 395. The minimum Gasteiger partial charge on any atom is -0.462 e. The van der Waals surface area contributed by atoms with E-state index in [0.717, 1.165) is 17.7 Å². The summed E-state index contributed by atoms with van der Waals surface area (Å²) in [4.78, 5) is 16.9. The lowest BCUT2D eigenvalue weighted by atomic mass is 10.1. The smallest absolute Gasteiger partial charge is 0.338 e. The number of ether oxygens (including phenoxy) is 1. The Morgan fingerprint density at radius 1 is 1.37 bits per heavy atom. The van der Waals surface area contributed by atoms with Crippen molar-refractivity contribution < 1.29 is 18.8 Å². The van der Waals surface area contributed by atoms with Crippen molar-refractivity contribution in [2.24, 2.45) is 0 Å². The molecule has 0 fully saturated rings. The van der Waals surface area contributed by atoms with E-state index in [-0.39, 0.29) is 12.1 Å². The van der Waals surface area contributed by atoms with Crippen LogP contribution in [0.1, 0.15) is 49.2 Å². The van der Waals surface area contributed by atoms with E-state index < -0.39 is 0 Å². The Morgan fingerprint density at radius 3 is 2.84 bits per heavy atom. The molecule has 5 heteroatoms. The summed E-state index contributed by atoms with van der Waals surface area (Å²) in [6.07, 6.45) is 0.791. The van der Waals surface area contributed by atoms with Crippen molar-refractivity contribution in [1.29, 1.82) is 0 Å². The van der Waals surface area contributed by atoms with Gasteiger partial charge in [0, 0.05) is 17.8 Å². The molecule has 1 unspecified atom stereocenters. The van der Waals surface area contributed by atoms with Crippen molar-refractivity contribution in [3.8, 4) is 0 Å². The van der Waals surface area contributed by atoms with E-state index in [9.17, 15) is 4.79 Å². The predicted octanol–water partition coefficient (Wildman–Crippen LogP) is 3.93. The average molecular weight is 284 g/mol. The third-order valence-corrected chi connectivity index (χ3v) is 3.14. The van der Waals surface area contributed by atoms with Crippen LogP contribution in [0.3, 0.4) is 0 Å². The summed E-state index contributed by atoms with van der Waals surface area (Å²) in [6.45, 7) is 6.09. The van der Waals surface area contributed by atoms with Crippen LogP contribution in [0.4, 0.5) is 0 Å². The van der Waals surface area contributed by atoms with Gasteiger partial charge in [0.1, 0.15) is 6.10 Å². The average Bonchev–Trinajstić information content (AvgIpc) is 2.44. The molecule has 1 rings (SSSR count). The molecule has 0 aliphatic rings. The predicted molar refractivity (Wildman–Crippen MR) is 75.7 cm³/mol. The van der Waals surface area contributed by atoms with Gasteiger partial charge in [-0.3, -0.25) is 0 Å². The maximum Gasteiger partial charge on any atom is 0.338 e. The second kappa shape index (κ2) is 8.96. The van der Waals surface area contributed by atoms with Crippen LogP contribution in [-0.4, -0.2) is 18.3 Å². The van der Waals surface area contributed by atoms with Crippen LogP contribution in [0, 0.1) is 0 Å². The Labute approximate surface area is 118 Å². The third kappa shape index (κ3) is 5.63. The molecular formula is C14H20O4S. The molecule has 0 spiro atoms. The molecule has 4 nitrogen and oxygen atoms in total. The van der Waals surface area contributed by atoms with E-state index >= 15 is 0 Å². The molecule has 1 aromatic carbocycles. The van der Waals surface area contributed by atoms with Gasteiger partial charge < -0.3 is 4.74 Å². The normalized spacial score (nSPS) is 12.2. The van der Waals surface area contributed by atoms with Crippen molar-refractivity contribution in [3.05, 3.63) is 35.4 Å². The highest BCUT2D eigenvalue weighted by atomic mass is 32.2. The van der Waals surface area contributed by atoms with Crippen molar-refractivity contribution >= 4 is 18.0 Å². The maximum atomic E-state index is 11.6. The number of hydrogen-bond acceptors (Lipinski definition) is 5. The van der Waals surface area contributed by atoms with Gasteiger partial charge in [-0.2, -0.15) is 4.33 Å². The molecule has 0 bridgehead atoms. The SMILES string of the molecule is CCCSOOC(C)c1cccc(C(=O)OCC)c1. The molecule has 0 aliphatic carbocycles. The standard InChI is InChI=1S/C14H20O4S/c1-4-9-19-18-17-11(3)12-7-6-8-13(10-12)14(15)16-5-2/h6-8,10-11H,4-5,9H2,1-3H3. The van der Waals surface area contributed by atoms with Gasteiger partial charge in [0.15, 0.2) is 0 Å². The molecule has 0 aromatic heterocycles. The maximum absolute atomic E-state index is 11.6. The molecule has 0 saturated carbocycles. The van der Waals surface area contributed by atoms with Crippen molar-refractivity contribution in [2.45, 2.75) is 33.3 Å². The van der Waals surface area contributed by atoms with Gasteiger partial charge in [-0.15, -0.1) is 0 Å². The Kier molecular flexibility index (Phi) is 7.55. The minimum absolute atomic E-state index is 0.237. The number of carbonyl (C=O) groups excluding carboxylic acids is 1. The second-order valence-electron chi connectivity index (χ2n) is 3.97. The highest BCUT2D eigenvalue weighted by Gasteiger charge is 2.11. The molecule has 0 aliphatic heterocycles.